The molecule has 0 aromatic carbocycles. The summed E-state index contributed by atoms with van der Waals surface area (Å²) in [5.41, 5.74) is 1.36. The molecule has 6 nitrogen and oxygen atoms in total. The fourth-order valence-electron chi connectivity index (χ4n) is 0.101. The summed E-state index contributed by atoms with van der Waals surface area (Å²) in [6.45, 7) is 0. The van der Waals surface area contributed by atoms with Crippen molar-refractivity contribution in [3.63, 3.8) is 0 Å². The van der Waals surface area contributed by atoms with E-state index in [4.69, 9.17) is 0 Å². The van der Waals surface area contributed by atoms with E-state index in [-0.39, 0.29) is 16.0 Å². The number of hydrazine groups is 1. The third-order valence-corrected chi connectivity index (χ3v) is 11.9. The summed E-state index contributed by atoms with van der Waals surface area (Å²) < 4.78 is 40.4. The number of hydrogen-bond donors (Lipinski definition) is 2. The first-order chi connectivity index (χ1) is 3.97. The molecule has 0 aliphatic heterocycles. The van der Waals surface area contributed by atoms with Crippen LogP contribution in [0.15, 0.2) is 0 Å². The monoisotopic (exact) mass is 523 g/mol. The van der Waals surface area contributed by atoms with E-state index in [0.717, 1.165) is 0 Å². The van der Waals surface area contributed by atoms with E-state index < -0.39 is 13.4 Å². The molecule has 0 saturated carbocycles. The quantitative estimate of drug-likeness (QED) is 0.255. The third kappa shape index (κ3) is 2.94. The zero-order chi connectivity index (χ0) is 8.69. The topological polar surface area (TPSA) is 106 Å². The molecule has 0 amide bonds. The van der Waals surface area contributed by atoms with Gasteiger partial charge in [-0.25, -0.2) is 0 Å². The summed E-state index contributed by atoms with van der Waals surface area (Å²) in [5, 5.41) is 0. The van der Waals surface area contributed by atoms with Crippen LogP contribution in [0.3, 0.4) is 0 Å². The van der Waals surface area contributed by atoms with Crippen LogP contribution in [-0.4, -0.2) is 3.54 Å². The van der Waals surface area contributed by atoms with Gasteiger partial charge in [0.1, 0.15) is 0 Å². The van der Waals surface area contributed by atoms with E-state index in [0.29, 0.717) is 0 Å². The van der Waals surface area contributed by atoms with E-state index in [1.807, 2.05) is 0 Å². The fourth-order valence-corrected chi connectivity index (χ4v) is 1.89. The Balaban J connectivity index is 5.97. The SMILES string of the molecule is NN[C](=S)[Os](=[O])(=[O])(=[O])(=[O])[Os]. The van der Waals surface area contributed by atoms with Crippen molar-refractivity contribution < 1.29 is 40.0 Å². The van der Waals surface area contributed by atoms with Crippen molar-refractivity contribution in [3.8, 4) is 0 Å². The van der Waals surface area contributed by atoms with Gasteiger partial charge in [-0.1, -0.05) is 0 Å². The number of hydrogen-bond acceptors (Lipinski definition) is 6. The van der Waals surface area contributed by atoms with Crippen molar-refractivity contribution >= 4 is 15.8 Å². The van der Waals surface area contributed by atoms with Crippen LogP contribution in [0.2, 0.25) is 0 Å². The minimum atomic E-state index is -7.95. The molecular weight excluding hydrogens is 517 g/mol. The van der Waals surface area contributed by atoms with Gasteiger partial charge in [-0.2, -0.15) is 0 Å². The van der Waals surface area contributed by atoms with Crippen molar-refractivity contribution in [1.82, 2.24) is 5.43 Å². The molecule has 0 atom stereocenters. The van der Waals surface area contributed by atoms with Crippen molar-refractivity contribution in [2.75, 3.05) is 0 Å². The molecule has 0 fully saturated rings. The van der Waals surface area contributed by atoms with E-state index in [9.17, 15) is 14.2 Å². The molecule has 0 unspecified atom stereocenters. The molecule has 0 heterocycles. The van der Waals surface area contributed by atoms with Gasteiger partial charge in [0.15, 0.2) is 0 Å². The number of thiocarbonyl (C=S) groups is 1. The molecule has 10 heavy (non-hydrogen) atoms. The maximum absolute atomic E-state index is 10.4. The molecule has 0 saturated heterocycles. The normalized spacial score (nSPS) is 18.6. The Bertz CT molecular complexity index is 444. The van der Waals surface area contributed by atoms with Gasteiger partial charge in [0, 0.05) is 0 Å². The zero-order valence-electron chi connectivity index (χ0n) is 4.33. The fraction of sp³-hybridized carbons (Fsp3) is 0. The summed E-state index contributed by atoms with van der Waals surface area (Å²) in [6, 6.07) is 0. The van der Waals surface area contributed by atoms with Gasteiger partial charge in [0.05, 0.1) is 0 Å². The Morgan fingerprint density at radius 1 is 1.40 bits per heavy atom. The second kappa shape index (κ2) is 1.73. The van der Waals surface area contributed by atoms with Gasteiger partial charge in [0.25, 0.3) is 0 Å². The van der Waals surface area contributed by atoms with Crippen molar-refractivity contribution in [2.45, 2.75) is 0 Å². The minimum absolute atomic E-state index is 0.198. The summed E-state index contributed by atoms with van der Waals surface area (Å²) in [5.74, 6) is 4.49. The summed E-state index contributed by atoms with van der Waals surface area (Å²) in [7, 11) is -7.95. The van der Waals surface area contributed by atoms with E-state index in [1.165, 1.54) is 5.43 Å². The van der Waals surface area contributed by atoms with Gasteiger partial charge < -0.3 is 0 Å². The Hall–Kier alpha value is 0.323. The van der Waals surface area contributed by atoms with Crippen LogP contribution in [-0.2, 0) is 40.0 Å². The molecule has 0 aromatic heterocycles. The zero-order valence-corrected chi connectivity index (χ0v) is 10.2. The first-order valence-electron chi connectivity index (χ1n) is 1.62. The van der Waals surface area contributed by atoms with E-state index in [2.05, 4.69) is 18.1 Å². The van der Waals surface area contributed by atoms with Crippen LogP contribution in [0.25, 0.3) is 0 Å². The van der Waals surface area contributed by atoms with E-state index >= 15 is 0 Å². The summed E-state index contributed by atoms with van der Waals surface area (Å²) in [4.78, 5) is 0. The molecule has 9 heteroatoms. The van der Waals surface area contributed by atoms with Gasteiger partial charge in [0.2, 0.25) is 0 Å². The molecule has 0 bridgehead atoms. The standard InChI is InChI=1S/CH3N2S.4O.2Os/c2-3-1-4;;;;;;/h2H2,(H,3,4);;;;;;. The van der Waals surface area contributed by atoms with Crippen LogP contribution >= 0.6 is 12.2 Å². The van der Waals surface area contributed by atoms with E-state index in [1.54, 1.807) is 0 Å². The second-order valence-electron chi connectivity index (χ2n) is 1.32. The molecule has 0 aliphatic rings. The summed E-state index contributed by atoms with van der Waals surface area (Å²) in [6.07, 6.45) is 0. The van der Waals surface area contributed by atoms with Crippen LogP contribution in [0.5, 0.6) is 0 Å². The number of rotatable bonds is 1. The van der Waals surface area contributed by atoms with Crippen LogP contribution in [0, 0.1) is 0 Å². The van der Waals surface area contributed by atoms with Crippen molar-refractivity contribution in [3.05, 3.63) is 0 Å². The first kappa shape index (κ1) is 10.3. The first-order valence-corrected chi connectivity index (χ1v) is 15.7. The summed E-state index contributed by atoms with van der Waals surface area (Å²) >= 11 is 3.73. The molecule has 0 aliphatic carbocycles. The molecule has 0 rings (SSSR count). The molecule has 0 radical (unpaired) electrons. The van der Waals surface area contributed by atoms with Crippen LogP contribution in [0.4, 0.5) is 0 Å². The van der Waals surface area contributed by atoms with Crippen LogP contribution < -0.4 is 11.3 Å². The average Bonchev–Trinajstić information content (AvgIpc) is 1.57. The molecular formula is CH3N2O4Os2S. The Kier molecular flexibility index (Phi) is 1.79. The Labute approximate surface area is 66.8 Å². The van der Waals surface area contributed by atoms with Gasteiger partial charge in [-0.3, -0.25) is 0 Å². The van der Waals surface area contributed by atoms with Crippen molar-refractivity contribution in [2.24, 2.45) is 5.84 Å². The Morgan fingerprint density at radius 3 is 1.70 bits per heavy atom. The van der Waals surface area contributed by atoms with Gasteiger partial charge in [-0.15, -0.1) is 0 Å². The predicted molar refractivity (Wildman–Crippen MR) is 22.7 cm³/mol. The van der Waals surface area contributed by atoms with Crippen LogP contribution in [0.1, 0.15) is 0 Å². The second-order valence-corrected chi connectivity index (χ2v) is 26.1. The van der Waals surface area contributed by atoms with Gasteiger partial charge >= 0.3 is 67.0 Å². The third-order valence-electron chi connectivity index (χ3n) is 0.429. The molecule has 63 valence electrons. The van der Waals surface area contributed by atoms with Crippen molar-refractivity contribution in [1.29, 1.82) is 0 Å². The van der Waals surface area contributed by atoms with Gasteiger partial charge in [-0.05, 0) is 0 Å². The average molecular weight is 520 g/mol. The molecule has 0 aromatic rings. The Morgan fingerprint density at radius 2 is 1.70 bits per heavy atom. The number of nitrogens with two attached hydrogens (primary N) is 1. The predicted octanol–water partition coefficient (Wildman–Crippen LogP) is -1.20. The molecule has 0 spiro atoms. The number of nitrogens with one attached hydrogen (secondary N) is 1. The maximum atomic E-state index is 10.4. The molecule has 3 N–H and O–H groups in total.